The number of halogens is 4. The highest BCUT2D eigenvalue weighted by Crippen LogP contribution is 2.41. The van der Waals surface area contributed by atoms with Gasteiger partial charge in [-0.15, -0.1) is 0 Å². The van der Waals surface area contributed by atoms with E-state index in [2.05, 4.69) is 15.1 Å². The molecule has 0 spiro atoms. The number of nitrogens with zero attached hydrogens (tertiary/aromatic N) is 2. The van der Waals surface area contributed by atoms with E-state index in [9.17, 15) is 18.0 Å². The first-order chi connectivity index (χ1) is 14.7. The molecule has 1 aromatic rings. The van der Waals surface area contributed by atoms with Crippen LogP contribution >= 0.6 is 11.6 Å². The van der Waals surface area contributed by atoms with Crippen molar-refractivity contribution in [2.45, 2.75) is 77.1 Å². The number of hydrogen-bond donors (Lipinski definition) is 1. The number of aromatic nitrogens is 2. The highest BCUT2D eigenvalue weighted by molar-refractivity contribution is 6.31. The fourth-order valence-corrected chi connectivity index (χ4v) is 5.64. The molecule has 2 unspecified atom stereocenters. The van der Waals surface area contributed by atoms with Crippen LogP contribution in [0.4, 0.5) is 13.2 Å². The van der Waals surface area contributed by atoms with Gasteiger partial charge in [0.05, 0.1) is 12.1 Å². The van der Waals surface area contributed by atoms with E-state index in [1.807, 2.05) is 6.20 Å². The minimum atomic E-state index is -4.46. The summed E-state index contributed by atoms with van der Waals surface area (Å²) in [6.07, 6.45) is 8.00. The van der Waals surface area contributed by atoms with E-state index in [1.165, 1.54) is 37.1 Å². The van der Waals surface area contributed by atoms with E-state index < -0.39 is 29.5 Å². The Labute approximate surface area is 185 Å². The van der Waals surface area contributed by atoms with Crippen molar-refractivity contribution in [3.8, 4) is 0 Å². The van der Waals surface area contributed by atoms with Gasteiger partial charge in [-0.05, 0) is 68.9 Å². The van der Waals surface area contributed by atoms with Gasteiger partial charge < -0.3 is 5.32 Å². The predicted molar refractivity (Wildman–Crippen MR) is 113 cm³/mol. The number of hydrogen-bond acceptors (Lipinski definition) is 2. The molecule has 1 fully saturated rings. The van der Waals surface area contributed by atoms with Gasteiger partial charge in [0.1, 0.15) is 0 Å². The van der Waals surface area contributed by atoms with Crippen molar-refractivity contribution >= 4 is 17.5 Å². The highest BCUT2D eigenvalue weighted by atomic mass is 35.5. The van der Waals surface area contributed by atoms with Crippen molar-refractivity contribution in [1.29, 1.82) is 0 Å². The SMILES string of the molecule is CC1C(C(F)(F)F)=CC=C(Cl)C1C(=O)NC1CCC(Cn2ncc3c2CCCC3)CC1. The third-order valence-electron chi connectivity index (χ3n) is 7.09. The minimum absolute atomic E-state index is 0.0211. The lowest BCUT2D eigenvalue weighted by atomic mass is 9.81. The highest BCUT2D eigenvalue weighted by Gasteiger charge is 2.44. The maximum atomic E-state index is 13.2. The Bertz CT molecular complexity index is 881. The molecule has 3 aliphatic rings. The number of allylic oxidation sites excluding steroid dienone is 3. The van der Waals surface area contributed by atoms with Crippen molar-refractivity contribution in [2.24, 2.45) is 17.8 Å². The summed E-state index contributed by atoms with van der Waals surface area (Å²) in [5.74, 6) is -1.89. The summed E-state index contributed by atoms with van der Waals surface area (Å²) in [6, 6.07) is -0.0211. The van der Waals surface area contributed by atoms with Gasteiger partial charge >= 0.3 is 6.18 Å². The second kappa shape index (κ2) is 9.00. The summed E-state index contributed by atoms with van der Waals surface area (Å²) in [7, 11) is 0. The lowest BCUT2D eigenvalue weighted by Crippen LogP contribution is -2.44. The molecule has 0 saturated heterocycles. The molecule has 1 amide bonds. The van der Waals surface area contributed by atoms with Gasteiger partial charge in [-0.2, -0.15) is 18.3 Å². The van der Waals surface area contributed by atoms with Crippen molar-refractivity contribution in [3.63, 3.8) is 0 Å². The first-order valence-electron chi connectivity index (χ1n) is 11.2. The number of amides is 1. The third-order valence-corrected chi connectivity index (χ3v) is 7.45. The molecule has 0 aliphatic heterocycles. The van der Waals surface area contributed by atoms with Crippen LogP contribution < -0.4 is 5.32 Å². The number of carbonyl (C=O) groups is 1. The van der Waals surface area contributed by atoms with Crippen LogP contribution in [0.25, 0.3) is 0 Å². The number of rotatable bonds is 4. The molecule has 2 atom stereocenters. The summed E-state index contributed by atoms with van der Waals surface area (Å²) in [4.78, 5) is 12.8. The summed E-state index contributed by atoms with van der Waals surface area (Å²) >= 11 is 6.14. The van der Waals surface area contributed by atoms with Crippen molar-refractivity contribution in [2.75, 3.05) is 0 Å². The molecule has 0 bridgehead atoms. The monoisotopic (exact) mass is 455 g/mol. The molecule has 8 heteroatoms. The predicted octanol–water partition coefficient (Wildman–Crippen LogP) is 5.31. The summed E-state index contributed by atoms with van der Waals surface area (Å²) in [5.41, 5.74) is 2.05. The number of carbonyl (C=O) groups excluding carboxylic acids is 1. The maximum absolute atomic E-state index is 13.2. The van der Waals surface area contributed by atoms with E-state index in [0.717, 1.165) is 51.1 Å². The van der Waals surface area contributed by atoms with Gasteiger partial charge in [-0.25, -0.2) is 0 Å². The Morgan fingerprint density at radius 3 is 2.61 bits per heavy atom. The van der Waals surface area contributed by atoms with Crippen LogP contribution in [0.3, 0.4) is 0 Å². The van der Waals surface area contributed by atoms with E-state index >= 15 is 0 Å². The second-order valence-corrected chi connectivity index (χ2v) is 9.61. The van der Waals surface area contributed by atoms with Crippen LogP contribution in [0.15, 0.2) is 29.0 Å². The van der Waals surface area contributed by atoms with Gasteiger partial charge in [0.25, 0.3) is 0 Å². The van der Waals surface area contributed by atoms with Crippen molar-refractivity contribution < 1.29 is 18.0 Å². The average Bonchev–Trinajstić information content (AvgIpc) is 3.11. The smallest absolute Gasteiger partial charge is 0.353 e. The second-order valence-electron chi connectivity index (χ2n) is 9.17. The van der Waals surface area contributed by atoms with Gasteiger partial charge in [-0.1, -0.05) is 24.6 Å². The van der Waals surface area contributed by atoms with Crippen LogP contribution in [0.5, 0.6) is 0 Å². The summed E-state index contributed by atoms with van der Waals surface area (Å²) in [6.45, 7) is 2.32. The third kappa shape index (κ3) is 4.86. The zero-order chi connectivity index (χ0) is 22.2. The van der Waals surface area contributed by atoms with Gasteiger partial charge in [0.2, 0.25) is 5.91 Å². The maximum Gasteiger partial charge on any atom is 0.412 e. The van der Waals surface area contributed by atoms with Crippen LogP contribution in [-0.2, 0) is 24.2 Å². The number of nitrogens with one attached hydrogen (secondary N) is 1. The molecule has 4 nitrogen and oxygen atoms in total. The number of fused-ring (bicyclic) bond motifs is 1. The first-order valence-corrected chi connectivity index (χ1v) is 11.6. The van der Waals surface area contributed by atoms with Gasteiger partial charge in [0, 0.05) is 34.8 Å². The lowest BCUT2D eigenvalue weighted by Gasteiger charge is -2.33. The molecular weight excluding hydrogens is 427 g/mol. The topological polar surface area (TPSA) is 46.9 Å². The van der Waals surface area contributed by atoms with Gasteiger partial charge in [-0.3, -0.25) is 9.48 Å². The molecule has 4 rings (SSSR count). The molecule has 170 valence electrons. The zero-order valence-electron chi connectivity index (χ0n) is 17.7. The number of aryl methyl sites for hydroxylation is 1. The molecule has 1 aromatic heterocycles. The summed E-state index contributed by atoms with van der Waals surface area (Å²) < 4.78 is 41.9. The lowest BCUT2D eigenvalue weighted by molar-refractivity contribution is -0.127. The van der Waals surface area contributed by atoms with Crippen LogP contribution in [0.2, 0.25) is 0 Å². The molecule has 31 heavy (non-hydrogen) atoms. The Morgan fingerprint density at radius 2 is 1.90 bits per heavy atom. The Balaban J connectivity index is 1.31. The number of alkyl halides is 3. The Hall–Kier alpha value is -1.76. The van der Waals surface area contributed by atoms with Crippen LogP contribution in [-0.4, -0.2) is 27.9 Å². The first kappa shape index (κ1) is 22.4. The van der Waals surface area contributed by atoms with Crippen LogP contribution in [0, 0.1) is 17.8 Å². The van der Waals surface area contributed by atoms with Gasteiger partial charge in [0.15, 0.2) is 0 Å². The van der Waals surface area contributed by atoms with E-state index in [0.29, 0.717) is 5.92 Å². The fraction of sp³-hybridized carbons (Fsp3) is 0.652. The molecule has 1 N–H and O–H groups in total. The normalized spacial score (nSPS) is 29.1. The Morgan fingerprint density at radius 1 is 1.19 bits per heavy atom. The largest absolute Gasteiger partial charge is 0.412 e. The standard InChI is InChI=1S/C23H29ClF3N3O/c1-14-18(23(25,26)27)10-11-19(24)21(14)22(31)29-17-8-6-15(7-9-17)13-30-20-5-3-2-4-16(20)12-28-30/h10-12,14-15,17,21H,2-9,13H2,1H3,(H,29,31). The molecule has 0 aromatic carbocycles. The summed E-state index contributed by atoms with van der Waals surface area (Å²) in [5, 5.41) is 7.72. The Kier molecular flexibility index (Phi) is 6.52. The quantitative estimate of drug-likeness (QED) is 0.668. The molecular formula is C23H29ClF3N3O. The van der Waals surface area contributed by atoms with E-state index in [-0.39, 0.29) is 11.1 Å². The average molecular weight is 456 g/mol. The van der Waals surface area contributed by atoms with Crippen molar-refractivity contribution in [3.05, 3.63) is 40.2 Å². The zero-order valence-corrected chi connectivity index (χ0v) is 18.5. The molecule has 0 radical (unpaired) electrons. The molecule has 1 saturated carbocycles. The van der Waals surface area contributed by atoms with E-state index in [4.69, 9.17) is 11.6 Å². The van der Waals surface area contributed by atoms with Crippen LogP contribution in [0.1, 0.15) is 56.7 Å². The van der Waals surface area contributed by atoms with Crippen molar-refractivity contribution in [1.82, 2.24) is 15.1 Å². The molecule has 1 heterocycles. The minimum Gasteiger partial charge on any atom is -0.353 e. The molecule has 3 aliphatic carbocycles. The van der Waals surface area contributed by atoms with E-state index in [1.54, 1.807) is 0 Å². The fourth-order valence-electron chi connectivity index (χ4n) is 5.29.